The summed E-state index contributed by atoms with van der Waals surface area (Å²) in [5, 5.41) is 0.939. The van der Waals surface area contributed by atoms with Gasteiger partial charge in [0.15, 0.2) is 11.5 Å². The van der Waals surface area contributed by atoms with E-state index in [1.807, 2.05) is 50.3 Å². The van der Waals surface area contributed by atoms with E-state index in [1.165, 1.54) is 4.57 Å². The average Bonchev–Trinajstić information content (AvgIpc) is 2.96. The number of fused-ring (bicyclic) bond motifs is 1. The summed E-state index contributed by atoms with van der Waals surface area (Å²) in [5.41, 5.74) is 2.32. The molecule has 1 aliphatic carbocycles. The molecule has 4 aromatic rings. The summed E-state index contributed by atoms with van der Waals surface area (Å²) < 4.78 is 19.7. The predicted molar refractivity (Wildman–Crippen MR) is 153 cm³/mol. The molecule has 0 saturated carbocycles. The first-order valence-electron chi connectivity index (χ1n) is 13.0. The fourth-order valence-corrected chi connectivity index (χ4v) is 5.42. The third-order valence-corrected chi connectivity index (χ3v) is 7.73. The zero-order valence-electron chi connectivity index (χ0n) is 23.5. The number of ether oxygens (including phenoxy) is 3. The molecule has 0 bridgehead atoms. The van der Waals surface area contributed by atoms with Gasteiger partial charge in [-0.3, -0.25) is 18.9 Å². The van der Waals surface area contributed by atoms with Gasteiger partial charge in [-0.15, -0.1) is 0 Å². The third kappa shape index (κ3) is 4.57. The second-order valence-corrected chi connectivity index (χ2v) is 10.2. The molecule has 1 aliphatic rings. The largest absolute Gasteiger partial charge is 0.493 e. The molecule has 1 unspecified atom stereocenters. The van der Waals surface area contributed by atoms with Crippen molar-refractivity contribution in [3.8, 4) is 17.4 Å². The molecule has 0 radical (unpaired) electrons. The van der Waals surface area contributed by atoms with Crippen LogP contribution in [0.3, 0.4) is 0 Å². The summed E-state index contributed by atoms with van der Waals surface area (Å²) >= 11 is 0. The Labute approximate surface area is 232 Å². The molecule has 0 saturated heterocycles. The van der Waals surface area contributed by atoms with Gasteiger partial charge in [0.2, 0.25) is 5.88 Å². The maximum absolute atomic E-state index is 13.6. The normalized spacial score (nSPS) is 16.9. The molecule has 3 aromatic heterocycles. The van der Waals surface area contributed by atoms with Crippen LogP contribution in [0.2, 0.25) is 0 Å². The molecule has 9 heteroatoms. The van der Waals surface area contributed by atoms with Crippen LogP contribution in [0.4, 0.5) is 0 Å². The second-order valence-electron chi connectivity index (χ2n) is 10.2. The standard InChI is InChI=1S/C31H32N4O5/c1-19-16-23(40-28-26-22(12-15-33-28)8-7-14-32-26)11-13-31(19,3)27-20(2)29(36)35(30(37)34(27)4)18-21-9-10-24(38-5)25(17-21)39-6/h7-12,14-17H,13,18H2,1-6H3. The van der Waals surface area contributed by atoms with Crippen LogP contribution in [-0.4, -0.2) is 33.3 Å². The lowest BCUT2D eigenvalue weighted by Crippen LogP contribution is -2.46. The first kappa shape index (κ1) is 26.9. The Morgan fingerprint density at radius 1 is 1.00 bits per heavy atom. The highest BCUT2D eigenvalue weighted by atomic mass is 16.5. The number of methoxy groups -OCH3 is 2. The smallest absolute Gasteiger partial charge is 0.331 e. The van der Waals surface area contributed by atoms with Gasteiger partial charge < -0.3 is 14.2 Å². The van der Waals surface area contributed by atoms with Crippen molar-refractivity contribution in [2.24, 2.45) is 7.05 Å². The molecule has 3 heterocycles. The molecule has 206 valence electrons. The summed E-state index contributed by atoms with van der Waals surface area (Å²) in [6.07, 6.45) is 7.85. The van der Waals surface area contributed by atoms with E-state index in [9.17, 15) is 9.59 Å². The van der Waals surface area contributed by atoms with Gasteiger partial charge >= 0.3 is 5.69 Å². The van der Waals surface area contributed by atoms with Gasteiger partial charge in [-0.05, 0) is 69.2 Å². The van der Waals surface area contributed by atoms with E-state index >= 15 is 0 Å². The third-order valence-electron chi connectivity index (χ3n) is 7.73. The van der Waals surface area contributed by atoms with Gasteiger partial charge in [-0.1, -0.05) is 17.7 Å². The second kappa shape index (κ2) is 10.5. The predicted octanol–water partition coefficient (Wildman–Crippen LogP) is 4.43. The van der Waals surface area contributed by atoms with E-state index in [1.54, 1.807) is 57.3 Å². The molecule has 5 rings (SSSR count). The van der Waals surface area contributed by atoms with Crippen LogP contribution in [0, 0.1) is 6.92 Å². The number of nitrogens with zero attached hydrogens (tertiary/aromatic N) is 4. The summed E-state index contributed by atoms with van der Waals surface area (Å²) in [6.45, 7) is 5.93. The van der Waals surface area contributed by atoms with E-state index in [-0.39, 0.29) is 17.8 Å². The Hall–Kier alpha value is -4.66. The quantitative estimate of drug-likeness (QED) is 0.342. The van der Waals surface area contributed by atoms with Crippen molar-refractivity contribution < 1.29 is 14.2 Å². The Balaban J connectivity index is 1.48. The van der Waals surface area contributed by atoms with Gasteiger partial charge in [0.05, 0.1) is 20.8 Å². The van der Waals surface area contributed by atoms with Gasteiger partial charge in [-0.2, -0.15) is 0 Å². The van der Waals surface area contributed by atoms with Crippen LogP contribution in [-0.2, 0) is 19.0 Å². The number of aromatic nitrogens is 4. The first-order chi connectivity index (χ1) is 19.2. The topological polar surface area (TPSA) is 97.5 Å². The lowest BCUT2D eigenvalue weighted by Gasteiger charge is -2.35. The number of benzene rings is 1. The summed E-state index contributed by atoms with van der Waals surface area (Å²) in [4.78, 5) is 35.9. The van der Waals surface area contributed by atoms with Crippen LogP contribution in [0.1, 0.15) is 37.1 Å². The van der Waals surface area contributed by atoms with Gasteiger partial charge in [-0.25, -0.2) is 9.78 Å². The van der Waals surface area contributed by atoms with E-state index < -0.39 is 5.41 Å². The van der Waals surface area contributed by atoms with Crippen LogP contribution in [0.25, 0.3) is 10.9 Å². The van der Waals surface area contributed by atoms with Crippen LogP contribution in [0.5, 0.6) is 17.4 Å². The molecule has 40 heavy (non-hydrogen) atoms. The van der Waals surface area contributed by atoms with E-state index in [0.29, 0.717) is 46.3 Å². The summed E-state index contributed by atoms with van der Waals surface area (Å²) in [5.74, 6) is 2.19. The minimum absolute atomic E-state index is 0.114. The highest BCUT2D eigenvalue weighted by Gasteiger charge is 2.36. The molecular weight excluding hydrogens is 508 g/mol. The first-order valence-corrected chi connectivity index (χ1v) is 13.0. The molecule has 0 aliphatic heterocycles. The fourth-order valence-electron chi connectivity index (χ4n) is 5.42. The maximum Gasteiger partial charge on any atom is 0.331 e. The molecule has 0 amide bonds. The number of allylic oxidation sites excluding steroid dienone is 3. The molecule has 1 atom stereocenters. The zero-order valence-corrected chi connectivity index (χ0v) is 23.5. The lowest BCUT2D eigenvalue weighted by atomic mass is 9.72. The van der Waals surface area contributed by atoms with Crippen molar-refractivity contribution in [1.29, 1.82) is 0 Å². The van der Waals surface area contributed by atoms with Crippen molar-refractivity contribution in [3.05, 3.63) is 110 Å². The Morgan fingerprint density at radius 2 is 1.77 bits per heavy atom. The molecule has 1 aromatic carbocycles. The number of hydrogen-bond donors (Lipinski definition) is 0. The van der Waals surface area contributed by atoms with Crippen molar-refractivity contribution in [2.75, 3.05) is 14.2 Å². The fraction of sp³-hybridized carbons (Fsp3) is 0.290. The highest BCUT2D eigenvalue weighted by Crippen LogP contribution is 2.40. The number of pyridine rings is 2. The lowest BCUT2D eigenvalue weighted by molar-refractivity contribution is 0.354. The Kier molecular flexibility index (Phi) is 7.06. The number of rotatable bonds is 7. The van der Waals surface area contributed by atoms with Crippen molar-refractivity contribution >= 4 is 10.9 Å². The highest BCUT2D eigenvalue weighted by molar-refractivity contribution is 5.82. The molecule has 0 fully saturated rings. The van der Waals surface area contributed by atoms with E-state index in [0.717, 1.165) is 16.5 Å². The van der Waals surface area contributed by atoms with Crippen LogP contribution in [0.15, 0.2) is 81.9 Å². The molecule has 0 spiro atoms. The Bertz CT molecular complexity index is 1760. The van der Waals surface area contributed by atoms with Gasteiger partial charge in [0.1, 0.15) is 11.3 Å². The van der Waals surface area contributed by atoms with E-state index in [2.05, 4.69) is 9.97 Å². The minimum Gasteiger partial charge on any atom is -0.493 e. The van der Waals surface area contributed by atoms with Crippen molar-refractivity contribution in [3.63, 3.8) is 0 Å². The summed E-state index contributed by atoms with van der Waals surface area (Å²) in [7, 11) is 4.83. The number of hydrogen-bond acceptors (Lipinski definition) is 7. The maximum atomic E-state index is 13.6. The molecular formula is C31H32N4O5. The Morgan fingerprint density at radius 3 is 2.50 bits per heavy atom. The minimum atomic E-state index is -0.586. The average molecular weight is 541 g/mol. The SMILES string of the molecule is COc1ccc(Cn2c(=O)c(C)c(C3(C)CC=C(Oc4nccc5cccnc45)C=C3C)n(C)c2=O)cc1OC. The van der Waals surface area contributed by atoms with E-state index in [4.69, 9.17) is 14.2 Å². The zero-order chi connectivity index (χ0) is 28.6. The molecule has 9 nitrogen and oxygen atoms in total. The summed E-state index contributed by atoms with van der Waals surface area (Å²) in [6, 6.07) is 11.1. The van der Waals surface area contributed by atoms with Crippen LogP contribution >= 0.6 is 0 Å². The van der Waals surface area contributed by atoms with Crippen LogP contribution < -0.4 is 25.5 Å². The monoisotopic (exact) mass is 540 g/mol. The van der Waals surface area contributed by atoms with Crippen molar-refractivity contribution in [2.45, 2.75) is 39.2 Å². The van der Waals surface area contributed by atoms with Crippen molar-refractivity contribution in [1.82, 2.24) is 19.1 Å². The molecule has 0 N–H and O–H groups in total. The van der Waals surface area contributed by atoms with Gasteiger partial charge in [0, 0.05) is 41.5 Å². The van der Waals surface area contributed by atoms with Gasteiger partial charge in [0.25, 0.3) is 5.56 Å².